The van der Waals surface area contributed by atoms with Gasteiger partial charge in [-0.2, -0.15) is 5.10 Å². The zero-order chi connectivity index (χ0) is 21.5. The van der Waals surface area contributed by atoms with Crippen LogP contribution in [0.1, 0.15) is 0 Å². The zero-order valence-corrected chi connectivity index (χ0v) is 16.5. The highest BCUT2D eigenvalue weighted by Gasteiger charge is 2.08. The molecular formula is C22H19N5O4. The fourth-order valence-electron chi connectivity index (χ4n) is 2.82. The van der Waals surface area contributed by atoms with Crippen molar-refractivity contribution in [2.75, 3.05) is 13.2 Å². The van der Waals surface area contributed by atoms with E-state index < -0.39 is 0 Å². The van der Waals surface area contributed by atoms with E-state index in [9.17, 15) is 9.59 Å². The minimum atomic E-state index is -0.349. The van der Waals surface area contributed by atoms with Crippen molar-refractivity contribution < 1.29 is 13.9 Å². The topological polar surface area (TPSA) is 112 Å². The molecule has 1 N–H and O–H groups in total. The summed E-state index contributed by atoms with van der Waals surface area (Å²) < 4.78 is 11.9. The first-order valence-corrected chi connectivity index (χ1v) is 9.60. The Morgan fingerprint density at radius 3 is 2.55 bits per heavy atom. The summed E-state index contributed by atoms with van der Waals surface area (Å²) in [6.07, 6.45) is 1.56. The van der Waals surface area contributed by atoms with Crippen molar-refractivity contribution in [1.82, 2.24) is 25.3 Å². The Labute approximate surface area is 177 Å². The minimum Gasteiger partial charge on any atom is -0.475 e. The predicted octanol–water partition coefficient (Wildman–Crippen LogP) is 2.16. The van der Waals surface area contributed by atoms with Gasteiger partial charge < -0.3 is 14.5 Å². The molecule has 31 heavy (non-hydrogen) atoms. The standard InChI is InChI=1S/C22H19N5O4/c28-20(15-27-22(29)11-9-17(26-27)16-5-2-1-3-6-16)23-12-14-31-21-10-8-18(24-25-21)19-7-4-13-30-19/h1-11,13H,12,14-15H2,(H,23,28). The van der Waals surface area contributed by atoms with Crippen LogP contribution in [0.15, 0.2) is 82.2 Å². The molecule has 0 aliphatic rings. The van der Waals surface area contributed by atoms with E-state index in [0.29, 0.717) is 23.0 Å². The highest BCUT2D eigenvalue weighted by Crippen LogP contribution is 2.17. The van der Waals surface area contributed by atoms with Gasteiger partial charge in [-0.15, -0.1) is 10.2 Å². The van der Waals surface area contributed by atoms with E-state index in [-0.39, 0.29) is 31.2 Å². The number of hydrogen-bond donors (Lipinski definition) is 1. The molecule has 4 aromatic rings. The largest absolute Gasteiger partial charge is 0.475 e. The smallest absolute Gasteiger partial charge is 0.267 e. The summed E-state index contributed by atoms with van der Waals surface area (Å²) in [6.45, 7) is 0.262. The number of nitrogens with zero attached hydrogens (tertiary/aromatic N) is 4. The van der Waals surface area contributed by atoms with Crippen molar-refractivity contribution in [3.05, 3.63) is 83.3 Å². The number of aromatic nitrogens is 4. The summed E-state index contributed by atoms with van der Waals surface area (Å²) in [5, 5.41) is 15.0. The van der Waals surface area contributed by atoms with E-state index in [1.807, 2.05) is 30.3 Å². The molecule has 9 nitrogen and oxygen atoms in total. The summed E-state index contributed by atoms with van der Waals surface area (Å²) in [5.74, 6) is 0.604. The van der Waals surface area contributed by atoms with Crippen LogP contribution in [-0.2, 0) is 11.3 Å². The van der Waals surface area contributed by atoms with Gasteiger partial charge in [0, 0.05) is 17.7 Å². The second-order valence-electron chi connectivity index (χ2n) is 6.51. The van der Waals surface area contributed by atoms with Gasteiger partial charge in [0.15, 0.2) is 5.76 Å². The van der Waals surface area contributed by atoms with Gasteiger partial charge in [-0.05, 0) is 24.3 Å². The minimum absolute atomic E-state index is 0.183. The molecule has 0 aliphatic heterocycles. The second kappa shape index (κ2) is 9.49. The molecule has 3 heterocycles. The quantitative estimate of drug-likeness (QED) is 0.437. The Bertz CT molecular complexity index is 1190. The molecule has 4 rings (SSSR count). The van der Waals surface area contributed by atoms with Crippen LogP contribution < -0.4 is 15.6 Å². The highest BCUT2D eigenvalue weighted by atomic mass is 16.5. The fraction of sp³-hybridized carbons (Fsp3) is 0.136. The van der Waals surface area contributed by atoms with E-state index in [2.05, 4.69) is 20.6 Å². The van der Waals surface area contributed by atoms with Crippen molar-refractivity contribution in [2.45, 2.75) is 6.54 Å². The molecule has 0 saturated carbocycles. The van der Waals surface area contributed by atoms with E-state index in [1.54, 1.807) is 36.6 Å². The third kappa shape index (κ3) is 5.21. The molecular weight excluding hydrogens is 398 g/mol. The van der Waals surface area contributed by atoms with Gasteiger partial charge in [-0.3, -0.25) is 9.59 Å². The van der Waals surface area contributed by atoms with Crippen molar-refractivity contribution in [1.29, 1.82) is 0 Å². The van der Waals surface area contributed by atoms with Gasteiger partial charge in [0.25, 0.3) is 5.56 Å². The number of amides is 1. The van der Waals surface area contributed by atoms with Gasteiger partial charge in [0.1, 0.15) is 18.8 Å². The van der Waals surface area contributed by atoms with Gasteiger partial charge in [-0.25, -0.2) is 4.68 Å². The maximum atomic E-state index is 12.2. The number of nitrogens with one attached hydrogen (secondary N) is 1. The Kier molecular flexibility index (Phi) is 6.13. The van der Waals surface area contributed by atoms with Crippen LogP contribution in [-0.4, -0.2) is 39.0 Å². The first-order chi connectivity index (χ1) is 15.2. The molecule has 0 radical (unpaired) electrons. The maximum absolute atomic E-state index is 12.2. The molecule has 0 spiro atoms. The average Bonchev–Trinajstić information content (AvgIpc) is 3.34. The first-order valence-electron chi connectivity index (χ1n) is 9.60. The Morgan fingerprint density at radius 1 is 0.968 bits per heavy atom. The van der Waals surface area contributed by atoms with Crippen LogP contribution in [0, 0.1) is 0 Å². The molecule has 0 bridgehead atoms. The van der Waals surface area contributed by atoms with Gasteiger partial charge in [-0.1, -0.05) is 30.3 Å². The monoisotopic (exact) mass is 417 g/mol. The Hall–Kier alpha value is -4.27. The van der Waals surface area contributed by atoms with Gasteiger partial charge in [0.2, 0.25) is 11.8 Å². The predicted molar refractivity (Wildman–Crippen MR) is 112 cm³/mol. The molecule has 0 fully saturated rings. The van der Waals surface area contributed by atoms with E-state index >= 15 is 0 Å². The number of hydrogen-bond acceptors (Lipinski definition) is 7. The zero-order valence-electron chi connectivity index (χ0n) is 16.5. The lowest BCUT2D eigenvalue weighted by Crippen LogP contribution is -2.35. The van der Waals surface area contributed by atoms with Crippen LogP contribution in [0.2, 0.25) is 0 Å². The number of rotatable bonds is 8. The number of carbonyl (C=O) groups is 1. The number of carbonyl (C=O) groups excluding carboxylic acids is 1. The molecule has 3 aromatic heterocycles. The molecule has 9 heteroatoms. The molecule has 0 aliphatic carbocycles. The molecule has 0 saturated heterocycles. The molecule has 0 atom stereocenters. The van der Waals surface area contributed by atoms with Crippen molar-refractivity contribution in [2.24, 2.45) is 0 Å². The lowest BCUT2D eigenvalue weighted by atomic mass is 10.1. The van der Waals surface area contributed by atoms with Gasteiger partial charge in [0.05, 0.1) is 18.5 Å². The summed E-state index contributed by atoms with van der Waals surface area (Å²) in [7, 11) is 0. The molecule has 0 unspecified atom stereocenters. The fourth-order valence-corrected chi connectivity index (χ4v) is 2.82. The van der Waals surface area contributed by atoms with Crippen molar-refractivity contribution >= 4 is 5.91 Å². The van der Waals surface area contributed by atoms with Gasteiger partial charge >= 0.3 is 0 Å². The normalized spacial score (nSPS) is 10.6. The Balaban J connectivity index is 1.26. The molecule has 1 amide bonds. The average molecular weight is 417 g/mol. The van der Waals surface area contributed by atoms with Crippen molar-refractivity contribution in [3.63, 3.8) is 0 Å². The SMILES string of the molecule is O=C(Cn1nc(-c2ccccc2)ccc1=O)NCCOc1ccc(-c2ccco2)nn1. The number of ether oxygens (including phenoxy) is 1. The molecule has 1 aromatic carbocycles. The van der Waals surface area contributed by atoms with Crippen LogP contribution in [0.5, 0.6) is 5.88 Å². The third-order valence-electron chi connectivity index (χ3n) is 4.32. The maximum Gasteiger partial charge on any atom is 0.267 e. The first kappa shape index (κ1) is 20.0. The summed E-state index contributed by atoms with van der Waals surface area (Å²) in [5.41, 5.74) is 1.73. The summed E-state index contributed by atoms with van der Waals surface area (Å²) in [4.78, 5) is 24.2. The van der Waals surface area contributed by atoms with E-state index in [0.717, 1.165) is 10.2 Å². The second-order valence-corrected chi connectivity index (χ2v) is 6.51. The van der Waals surface area contributed by atoms with E-state index in [1.165, 1.54) is 6.07 Å². The van der Waals surface area contributed by atoms with Crippen LogP contribution in [0.4, 0.5) is 0 Å². The van der Waals surface area contributed by atoms with Crippen LogP contribution in [0.25, 0.3) is 22.7 Å². The van der Waals surface area contributed by atoms with Crippen molar-refractivity contribution in [3.8, 4) is 28.6 Å². The summed E-state index contributed by atoms with van der Waals surface area (Å²) >= 11 is 0. The third-order valence-corrected chi connectivity index (χ3v) is 4.32. The summed E-state index contributed by atoms with van der Waals surface area (Å²) in [6, 6.07) is 19.4. The number of furan rings is 1. The van der Waals surface area contributed by atoms with Crippen LogP contribution in [0.3, 0.4) is 0 Å². The highest BCUT2D eigenvalue weighted by molar-refractivity contribution is 5.75. The Morgan fingerprint density at radius 2 is 1.81 bits per heavy atom. The van der Waals surface area contributed by atoms with Crippen LogP contribution >= 0.6 is 0 Å². The molecule has 156 valence electrons. The lowest BCUT2D eigenvalue weighted by molar-refractivity contribution is -0.122. The number of benzene rings is 1. The lowest BCUT2D eigenvalue weighted by Gasteiger charge is -2.09. The van der Waals surface area contributed by atoms with E-state index in [4.69, 9.17) is 9.15 Å².